The summed E-state index contributed by atoms with van der Waals surface area (Å²) >= 11 is 0. The topological polar surface area (TPSA) is 66.8 Å². The van der Waals surface area contributed by atoms with Crippen LogP contribution >= 0.6 is 0 Å². The number of nitrogens with zero attached hydrogens (tertiary/aromatic N) is 1. The third kappa shape index (κ3) is 3.92. The molecule has 0 aromatic heterocycles. The molecular formula is C13H21NO4S. The van der Waals surface area contributed by atoms with Gasteiger partial charge in [-0.2, -0.15) is 4.31 Å². The van der Waals surface area contributed by atoms with Crippen LogP contribution in [0.1, 0.15) is 20.3 Å². The Hall–Kier alpha value is -1.11. The van der Waals surface area contributed by atoms with Crippen LogP contribution in [0.4, 0.5) is 0 Å². The van der Waals surface area contributed by atoms with E-state index in [4.69, 9.17) is 4.74 Å². The van der Waals surface area contributed by atoms with E-state index >= 15 is 0 Å². The summed E-state index contributed by atoms with van der Waals surface area (Å²) in [5, 5.41) is 9.42. The number of benzene rings is 1. The van der Waals surface area contributed by atoms with Crippen LogP contribution in [0.25, 0.3) is 0 Å². The van der Waals surface area contributed by atoms with Crippen molar-refractivity contribution in [2.24, 2.45) is 0 Å². The number of ether oxygens (including phenoxy) is 1. The van der Waals surface area contributed by atoms with Gasteiger partial charge in [-0.25, -0.2) is 8.42 Å². The SMILES string of the molecule is CCC(C)N(CCOC)S(=O)(=O)c1cccc(O)c1. The molecule has 0 spiro atoms. The number of sulfonamides is 1. The molecule has 0 aliphatic heterocycles. The van der Waals surface area contributed by atoms with E-state index in [1.165, 1.54) is 35.7 Å². The van der Waals surface area contributed by atoms with Crippen molar-refractivity contribution in [1.29, 1.82) is 0 Å². The molecule has 1 unspecified atom stereocenters. The molecule has 0 fully saturated rings. The lowest BCUT2D eigenvalue weighted by atomic mass is 10.3. The Kier molecular flexibility index (Phi) is 5.78. The Morgan fingerprint density at radius 2 is 2.11 bits per heavy atom. The van der Waals surface area contributed by atoms with Crippen LogP contribution in [-0.4, -0.2) is 44.1 Å². The lowest BCUT2D eigenvalue weighted by Gasteiger charge is -2.27. The fraction of sp³-hybridized carbons (Fsp3) is 0.538. The number of rotatable bonds is 7. The van der Waals surface area contributed by atoms with Gasteiger partial charge >= 0.3 is 0 Å². The summed E-state index contributed by atoms with van der Waals surface area (Å²) in [6, 6.07) is 5.59. The van der Waals surface area contributed by atoms with Crippen molar-refractivity contribution in [3.63, 3.8) is 0 Å². The molecule has 5 nitrogen and oxygen atoms in total. The highest BCUT2D eigenvalue weighted by Gasteiger charge is 2.28. The molecule has 1 aromatic rings. The molecule has 0 aliphatic rings. The lowest BCUT2D eigenvalue weighted by molar-refractivity contribution is 0.167. The summed E-state index contributed by atoms with van der Waals surface area (Å²) in [6.07, 6.45) is 0.710. The van der Waals surface area contributed by atoms with Gasteiger partial charge in [0.05, 0.1) is 11.5 Å². The summed E-state index contributed by atoms with van der Waals surface area (Å²) in [4.78, 5) is 0.101. The van der Waals surface area contributed by atoms with Gasteiger partial charge in [0, 0.05) is 19.7 Å². The fourth-order valence-electron chi connectivity index (χ4n) is 1.74. The van der Waals surface area contributed by atoms with E-state index < -0.39 is 10.0 Å². The first-order chi connectivity index (χ1) is 8.93. The summed E-state index contributed by atoms with van der Waals surface area (Å²) in [5.74, 6) is -0.0584. The van der Waals surface area contributed by atoms with Crippen molar-refractivity contribution < 1.29 is 18.3 Å². The smallest absolute Gasteiger partial charge is 0.243 e. The molecule has 108 valence electrons. The van der Waals surface area contributed by atoms with Gasteiger partial charge in [-0.15, -0.1) is 0 Å². The Morgan fingerprint density at radius 3 is 2.63 bits per heavy atom. The van der Waals surface area contributed by atoms with Crippen LogP contribution < -0.4 is 0 Å². The minimum Gasteiger partial charge on any atom is -0.508 e. The molecule has 0 aliphatic carbocycles. The molecule has 6 heteroatoms. The van der Waals surface area contributed by atoms with Crippen LogP contribution in [0.2, 0.25) is 0 Å². The zero-order valence-corrected chi connectivity index (χ0v) is 12.4. The van der Waals surface area contributed by atoms with Crippen molar-refractivity contribution in [1.82, 2.24) is 4.31 Å². The zero-order valence-electron chi connectivity index (χ0n) is 11.5. The Bertz CT molecular complexity index is 501. The molecule has 0 radical (unpaired) electrons. The van der Waals surface area contributed by atoms with Crippen LogP contribution in [0.5, 0.6) is 5.75 Å². The normalized spacial score (nSPS) is 13.7. The molecule has 1 N–H and O–H groups in total. The monoisotopic (exact) mass is 287 g/mol. The van der Waals surface area contributed by atoms with E-state index in [1.807, 2.05) is 13.8 Å². The summed E-state index contributed by atoms with van der Waals surface area (Å²) < 4.78 is 31.5. The minimum absolute atomic E-state index is 0.0584. The van der Waals surface area contributed by atoms with E-state index in [2.05, 4.69) is 0 Å². The molecular weight excluding hydrogens is 266 g/mol. The highest BCUT2D eigenvalue weighted by Crippen LogP contribution is 2.22. The van der Waals surface area contributed by atoms with Gasteiger partial charge in [0.2, 0.25) is 10.0 Å². The van der Waals surface area contributed by atoms with Crippen LogP contribution in [-0.2, 0) is 14.8 Å². The molecule has 0 saturated carbocycles. The van der Waals surface area contributed by atoms with Crippen LogP contribution in [0, 0.1) is 0 Å². The van der Waals surface area contributed by atoms with E-state index in [1.54, 1.807) is 0 Å². The number of hydrogen-bond acceptors (Lipinski definition) is 4. The number of hydrogen-bond donors (Lipinski definition) is 1. The third-order valence-electron chi connectivity index (χ3n) is 3.02. The zero-order chi connectivity index (χ0) is 14.5. The fourth-order valence-corrected chi connectivity index (χ4v) is 3.47. The number of aromatic hydroxyl groups is 1. The Morgan fingerprint density at radius 1 is 1.42 bits per heavy atom. The van der Waals surface area contributed by atoms with Gasteiger partial charge < -0.3 is 9.84 Å². The van der Waals surface area contributed by atoms with Crippen molar-refractivity contribution in [3.8, 4) is 5.75 Å². The Balaban J connectivity index is 3.11. The minimum atomic E-state index is -3.61. The molecule has 1 rings (SSSR count). The van der Waals surface area contributed by atoms with Gasteiger partial charge in [0.25, 0.3) is 0 Å². The van der Waals surface area contributed by atoms with Crippen LogP contribution in [0.3, 0.4) is 0 Å². The number of phenols is 1. The summed E-state index contributed by atoms with van der Waals surface area (Å²) in [6.45, 7) is 4.42. The first kappa shape index (κ1) is 15.9. The second-order valence-electron chi connectivity index (χ2n) is 4.36. The molecule has 0 bridgehead atoms. The second-order valence-corrected chi connectivity index (χ2v) is 6.25. The molecule has 1 aromatic carbocycles. The first-order valence-electron chi connectivity index (χ1n) is 6.23. The standard InChI is InChI=1S/C13H21NO4S/c1-4-11(2)14(8-9-18-3)19(16,17)13-7-5-6-12(15)10-13/h5-7,10-11,15H,4,8-9H2,1-3H3. The van der Waals surface area contributed by atoms with Crippen LogP contribution in [0.15, 0.2) is 29.2 Å². The van der Waals surface area contributed by atoms with Crippen molar-refractivity contribution in [2.75, 3.05) is 20.3 Å². The maximum atomic E-state index is 12.6. The first-order valence-corrected chi connectivity index (χ1v) is 7.67. The van der Waals surface area contributed by atoms with Gasteiger partial charge in [-0.3, -0.25) is 0 Å². The van der Waals surface area contributed by atoms with E-state index in [0.29, 0.717) is 19.6 Å². The predicted molar refractivity (Wildman–Crippen MR) is 73.6 cm³/mol. The van der Waals surface area contributed by atoms with E-state index in [9.17, 15) is 13.5 Å². The summed E-state index contributed by atoms with van der Waals surface area (Å²) in [7, 11) is -2.08. The van der Waals surface area contributed by atoms with Gasteiger partial charge in [-0.05, 0) is 31.5 Å². The predicted octanol–water partition coefficient (Wildman–Crippen LogP) is 1.83. The number of phenolic OH excluding ortho intramolecular Hbond substituents is 1. The van der Waals surface area contributed by atoms with Gasteiger partial charge in [0.15, 0.2) is 0 Å². The molecule has 0 amide bonds. The maximum absolute atomic E-state index is 12.6. The molecule has 19 heavy (non-hydrogen) atoms. The van der Waals surface area contributed by atoms with E-state index in [0.717, 1.165) is 0 Å². The van der Waals surface area contributed by atoms with E-state index in [-0.39, 0.29) is 16.7 Å². The van der Waals surface area contributed by atoms with Gasteiger partial charge in [-0.1, -0.05) is 13.0 Å². The summed E-state index contributed by atoms with van der Waals surface area (Å²) in [5.41, 5.74) is 0. The van der Waals surface area contributed by atoms with Crippen molar-refractivity contribution in [3.05, 3.63) is 24.3 Å². The molecule has 0 heterocycles. The molecule has 1 atom stereocenters. The average molecular weight is 287 g/mol. The largest absolute Gasteiger partial charge is 0.508 e. The lowest BCUT2D eigenvalue weighted by Crippen LogP contribution is -2.40. The highest BCUT2D eigenvalue weighted by atomic mass is 32.2. The highest BCUT2D eigenvalue weighted by molar-refractivity contribution is 7.89. The molecule has 0 saturated heterocycles. The second kappa shape index (κ2) is 6.88. The van der Waals surface area contributed by atoms with Crippen molar-refractivity contribution in [2.45, 2.75) is 31.2 Å². The van der Waals surface area contributed by atoms with Crippen molar-refractivity contribution >= 4 is 10.0 Å². The average Bonchev–Trinajstić information content (AvgIpc) is 2.38. The Labute approximate surface area is 114 Å². The van der Waals surface area contributed by atoms with Gasteiger partial charge in [0.1, 0.15) is 5.75 Å². The number of methoxy groups -OCH3 is 1. The third-order valence-corrected chi connectivity index (χ3v) is 5.03. The quantitative estimate of drug-likeness (QED) is 0.831. The maximum Gasteiger partial charge on any atom is 0.243 e.